The van der Waals surface area contributed by atoms with Crippen LogP contribution in [0, 0.1) is 5.92 Å². The van der Waals surface area contributed by atoms with Crippen molar-refractivity contribution in [3.63, 3.8) is 0 Å². The SMILES string of the molecule is Cn1cc(-c2ccccc2)nc1COC1=NC(=O)C2C=CC=CC2=N1. The van der Waals surface area contributed by atoms with E-state index in [1.165, 1.54) is 0 Å². The number of allylic oxidation sites excluding steroid dienone is 3. The summed E-state index contributed by atoms with van der Waals surface area (Å²) < 4.78 is 7.51. The van der Waals surface area contributed by atoms with Gasteiger partial charge in [0.05, 0.1) is 11.4 Å². The number of carbonyl (C=O) groups is 1. The summed E-state index contributed by atoms with van der Waals surface area (Å²) >= 11 is 0. The summed E-state index contributed by atoms with van der Waals surface area (Å²) in [6, 6.07) is 10.0. The highest BCUT2D eigenvalue weighted by molar-refractivity contribution is 6.20. The van der Waals surface area contributed by atoms with Gasteiger partial charge in [0.25, 0.3) is 5.91 Å². The quantitative estimate of drug-likeness (QED) is 0.868. The predicted octanol–water partition coefficient (Wildman–Crippen LogP) is 2.68. The molecule has 6 heteroatoms. The molecule has 25 heavy (non-hydrogen) atoms. The van der Waals surface area contributed by atoms with Crippen molar-refractivity contribution in [2.24, 2.45) is 23.0 Å². The molecule has 2 heterocycles. The van der Waals surface area contributed by atoms with Crippen LogP contribution in [0.1, 0.15) is 5.82 Å². The van der Waals surface area contributed by atoms with E-state index in [9.17, 15) is 4.79 Å². The summed E-state index contributed by atoms with van der Waals surface area (Å²) in [5.74, 6) is 0.0796. The van der Waals surface area contributed by atoms with Gasteiger partial charge in [-0.3, -0.25) is 4.79 Å². The molecule has 1 unspecified atom stereocenters. The first-order valence-corrected chi connectivity index (χ1v) is 7.97. The Kier molecular flexibility index (Phi) is 3.85. The van der Waals surface area contributed by atoms with Crippen molar-refractivity contribution in [2.45, 2.75) is 6.61 Å². The zero-order chi connectivity index (χ0) is 17.2. The molecule has 4 rings (SSSR count). The van der Waals surface area contributed by atoms with Gasteiger partial charge in [0.15, 0.2) is 0 Å². The number of hydrogen-bond donors (Lipinski definition) is 0. The van der Waals surface area contributed by atoms with Crippen LogP contribution in [0.4, 0.5) is 0 Å². The van der Waals surface area contributed by atoms with Crippen molar-refractivity contribution in [1.82, 2.24) is 9.55 Å². The molecule has 0 spiro atoms. The smallest absolute Gasteiger partial charge is 0.320 e. The van der Waals surface area contributed by atoms with E-state index in [0.717, 1.165) is 17.1 Å². The van der Waals surface area contributed by atoms with E-state index in [1.54, 1.807) is 12.2 Å². The molecule has 0 bridgehead atoms. The zero-order valence-electron chi connectivity index (χ0n) is 13.7. The van der Waals surface area contributed by atoms with Crippen molar-refractivity contribution in [1.29, 1.82) is 0 Å². The number of ether oxygens (including phenoxy) is 1. The van der Waals surface area contributed by atoms with E-state index in [0.29, 0.717) is 5.71 Å². The minimum Gasteiger partial charge on any atom is -0.455 e. The molecular formula is C19H16N4O2. The third kappa shape index (κ3) is 3.06. The van der Waals surface area contributed by atoms with E-state index in [1.807, 2.05) is 60.3 Å². The molecule has 0 saturated heterocycles. The molecule has 1 aromatic heterocycles. The number of fused-ring (bicyclic) bond motifs is 1. The fourth-order valence-corrected chi connectivity index (χ4v) is 2.73. The van der Waals surface area contributed by atoms with Crippen LogP contribution in [-0.4, -0.2) is 27.2 Å². The first-order valence-electron chi connectivity index (χ1n) is 7.97. The fraction of sp³-hybridized carbons (Fsp3) is 0.158. The van der Waals surface area contributed by atoms with Gasteiger partial charge in [-0.05, 0) is 6.08 Å². The Balaban J connectivity index is 1.50. The lowest BCUT2D eigenvalue weighted by molar-refractivity contribution is -0.118. The highest BCUT2D eigenvalue weighted by atomic mass is 16.5. The van der Waals surface area contributed by atoms with Crippen LogP contribution in [0.25, 0.3) is 11.3 Å². The third-order valence-electron chi connectivity index (χ3n) is 4.07. The number of carbonyl (C=O) groups excluding carboxylic acids is 1. The van der Waals surface area contributed by atoms with Gasteiger partial charge in [0.1, 0.15) is 18.3 Å². The molecule has 0 radical (unpaired) electrons. The second-order valence-electron chi connectivity index (χ2n) is 5.80. The average molecular weight is 332 g/mol. The number of hydrogen-bond acceptors (Lipinski definition) is 4. The molecule has 0 N–H and O–H groups in total. The highest BCUT2D eigenvalue weighted by Crippen LogP contribution is 2.19. The Bertz CT molecular complexity index is 936. The lowest BCUT2D eigenvalue weighted by atomic mass is 9.97. The number of aromatic nitrogens is 2. The van der Waals surface area contributed by atoms with Crippen molar-refractivity contribution < 1.29 is 9.53 Å². The maximum absolute atomic E-state index is 12.1. The Labute approximate surface area is 144 Å². The zero-order valence-corrected chi connectivity index (χ0v) is 13.7. The summed E-state index contributed by atoms with van der Waals surface area (Å²) in [6.07, 6.45) is 9.19. The van der Waals surface area contributed by atoms with Crippen LogP contribution in [-0.2, 0) is 23.2 Å². The molecule has 0 fully saturated rings. The monoisotopic (exact) mass is 332 g/mol. The van der Waals surface area contributed by atoms with Gasteiger partial charge >= 0.3 is 6.02 Å². The molecule has 124 valence electrons. The lowest BCUT2D eigenvalue weighted by Gasteiger charge is -2.17. The van der Waals surface area contributed by atoms with Crippen molar-refractivity contribution in [3.05, 3.63) is 66.7 Å². The maximum Gasteiger partial charge on any atom is 0.320 e. The summed E-state index contributed by atoms with van der Waals surface area (Å²) in [7, 11) is 1.91. The normalized spacial score (nSPS) is 18.6. The van der Waals surface area contributed by atoms with Crippen LogP contribution in [0.2, 0.25) is 0 Å². The summed E-state index contributed by atoms with van der Waals surface area (Å²) in [6.45, 7) is 0.191. The van der Waals surface area contributed by atoms with Gasteiger partial charge in [-0.15, -0.1) is 0 Å². The number of benzene rings is 1. The van der Waals surface area contributed by atoms with Gasteiger partial charge in [-0.2, -0.15) is 9.98 Å². The number of rotatable bonds is 3. The number of aryl methyl sites for hydroxylation is 1. The standard InChI is InChI=1S/C19H16N4O2/c1-23-11-16(13-7-3-2-4-8-13)20-17(23)12-25-19-21-15-10-6-5-9-14(15)18(24)22-19/h2-11,14H,12H2,1H3. The van der Waals surface area contributed by atoms with Crippen LogP contribution < -0.4 is 0 Å². The number of amides is 1. The van der Waals surface area contributed by atoms with Gasteiger partial charge in [-0.25, -0.2) is 4.98 Å². The largest absolute Gasteiger partial charge is 0.455 e. The highest BCUT2D eigenvalue weighted by Gasteiger charge is 2.27. The molecule has 2 aliphatic rings. The number of aliphatic imine (C=N–C) groups is 2. The second-order valence-corrected chi connectivity index (χ2v) is 5.80. The first-order chi connectivity index (χ1) is 12.2. The molecule has 1 aliphatic heterocycles. The molecule has 6 nitrogen and oxygen atoms in total. The third-order valence-corrected chi connectivity index (χ3v) is 4.07. The molecule has 1 amide bonds. The molecule has 1 atom stereocenters. The summed E-state index contributed by atoms with van der Waals surface area (Å²) in [5.41, 5.74) is 2.56. The van der Waals surface area contributed by atoms with Crippen molar-refractivity contribution >= 4 is 17.6 Å². The Morgan fingerprint density at radius 1 is 1.16 bits per heavy atom. The van der Waals surface area contributed by atoms with E-state index < -0.39 is 5.92 Å². The Hall–Kier alpha value is -3.28. The van der Waals surface area contributed by atoms with Crippen LogP contribution in [0.15, 0.2) is 70.8 Å². The van der Waals surface area contributed by atoms with E-state index in [-0.39, 0.29) is 18.5 Å². The number of imidazole rings is 1. The van der Waals surface area contributed by atoms with E-state index in [2.05, 4.69) is 15.0 Å². The summed E-state index contributed by atoms with van der Waals surface area (Å²) in [5, 5.41) is 0. The minimum absolute atomic E-state index is 0.0838. The van der Waals surface area contributed by atoms with Gasteiger partial charge in [0, 0.05) is 18.8 Å². The van der Waals surface area contributed by atoms with Crippen LogP contribution in [0.3, 0.4) is 0 Å². The second kappa shape index (κ2) is 6.32. The topological polar surface area (TPSA) is 68.8 Å². The summed E-state index contributed by atoms with van der Waals surface area (Å²) in [4.78, 5) is 24.9. The molecular weight excluding hydrogens is 316 g/mol. The minimum atomic E-state index is -0.393. The number of amidine groups is 1. The lowest BCUT2D eigenvalue weighted by Crippen LogP contribution is -2.27. The number of nitrogens with zero attached hydrogens (tertiary/aromatic N) is 4. The van der Waals surface area contributed by atoms with Crippen molar-refractivity contribution in [3.8, 4) is 11.3 Å². The van der Waals surface area contributed by atoms with Crippen molar-refractivity contribution in [2.75, 3.05) is 0 Å². The van der Waals surface area contributed by atoms with Gasteiger partial charge in [0.2, 0.25) is 0 Å². The Morgan fingerprint density at radius 2 is 2.00 bits per heavy atom. The molecule has 2 aromatic rings. The maximum atomic E-state index is 12.1. The van der Waals surface area contributed by atoms with E-state index >= 15 is 0 Å². The van der Waals surface area contributed by atoms with Gasteiger partial charge < -0.3 is 9.30 Å². The Morgan fingerprint density at radius 3 is 2.84 bits per heavy atom. The first kappa shape index (κ1) is 15.3. The molecule has 0 saturated carbocycles. The fourth-order valence-electron chi connectivity index (χ4n) is 2.73. The van der Waals surface area contributed by atoms with Crippen LogP contribution in [0.5, 0.6) is 0 Å². The average Bonchev–Trinajstić information content (AvgIpc) is 3.02. The molecule has 1 aromatic carbocycles. The molecule has 1 aliphatic carbocycles. The van der Waals surface area contributed by atoms with Gasteiger partial charge in [-0.1, -0.05) is 48.6 Å². The predicted molar refractivity (Wildman–Crippen MR) is 95.1 cm³/mol. The van der Waals surface area contributed by atoms with Crippen LogP contribution >= 0.6 is 0 Å². The van der Waals surface area contributed by atoms with E-state index in [4.69, 9.17) is 4.74 Å².